The Hall–Kier alpha value is -0.770. The van der Waals surface area contributed by atoms with E-state index in [1.54, 1.807) is 0 Å². The van der Waals surface area contributed by atoms with Crippen LogP contribution in [0.3, 0.4) is 0 Å². The third kappa shape index (κ3) is 1.71. The second-order valence-electron chi connectivity index (χ2n) is 3.17. The Balaban J connectivity index is 2.69. The summed E-state index contributed by atoms with van der Waals surface area (Å²) >= 11 is 2.37. The molecular weight excluding hydrogens is 285 g/mol. The van der Waals surface area contributed by atoms with Gasteiger partial charge in [0.25, 0.3) is 0 Å². The molecule has 2 aromatic carbocycles. The van der Waals surface area contributed by atoms with Crippen LogP contribution in [-0.2, 0) is 0 Å². The van der Waals surface area contributed by atoms with E-state index in [-0.39, 0.29) is 0 Å². The van der Waals surface area contributed by atoms with Crippen LogP contribution >= 0.6 is 22.6 Å². The van der Waals surface area contributed by atoms with Gasteiger partial charge in [0, 0.05) is 15.5 Å². The third-order valence-electron chi connectivity index (χ3n) is 2.23. The zero-order valence-electron chi connectivity index (χ0n) is 8.05. The van der Waals surface area contributed by atoms with E-state index in [4.69, 9.17) is 0 Å². The Morgan fingerprint density at radius 3 is 2.71 bits per heavy atom. The van der Waals surface area contributed by atoms with Crippen molar-refractivity contribution in [3.05, 3.63) is 40.0 Å². The first kappa shape index (κ1) is 9.77. The van der Waals surface area contributed by atoms with E-state index in [1.165, 1.54) is 20.0 Å². The number of anilines is 1. The van der Waals surface area contributed by atoms with E-state index in [0.717, 1.165) is 6.54 Å². The Kier molecular flexibility index (Phi) is 2.91. The number of halogens is 1. The summed E-state index contributed by atoms with van der Waals surface area (Å²) in [4.78, 5) is 0. The molecule has 0 spiro atoms. The summed E-state index contributed by atoms with van der Waals surface area (Å²) in [5, 5.41) is 6.01. The van der Waals surface area contributed by atoms with Gasteiger partial charge in [-0.15, -0.1) is 0 Å². The lowest BCUT2D eigenvalue weighted by molar-refractivity contribution is 1.21. The summed E-state index contributed by atoms with van der Waals surface area (Å²) in [5.41, 5.74) is 1.26. The predicted octanol–water partition coefficient (Wildman–Crippen LogP) is 3.88. The molecule has 0 saturated heterocycles. The SMILES string of the molecule is CCNc1c(I)ccc2ccccc12. The lowest BCUT2D eigenvalue weighted by Gasteiger charge is -2.09. The van der Waals surface area contributed by atoms with E-state index in [2.05, 4.69) is 71.2 Å². The molecule has 0 radical (unpaired) electrons. The van der Waals surface area contributed by atoms with Crippen LogP contribution in [0, 0.1) is 3.57 Å². The van der Waals surface area contributed by atoms with Gasteiger partial charge in [-0.1, -0.05) is 30.3 Å². The maximum Gasteiger partial charge on any atom is 0.0555 e. The smallest absolute Gasteiger partial charge is 0.0555 e. The van der Waals surface area contributed by atoms with Crippen molar-refractivity contribution in [2.24, 2.45) is 0 Å². The fraction of sp³-hybridized carbons (Fsp3) is 0.167. The molecule has 2 heteroatoms. The second kappa shape index (κ2) is 4.17. The van der Waals surface area contributed by atoms with Crippen molar-refractivity contribution >= 4 is 39.1 Å². The normalized spacial score (nSPS) is 10.4. The maximum atomic E-state index is 3.41. The lowest BCUT2D eigenvalue weighted by Crippen LogP contribution is -1.99. The summed E-state index contributed by atoms with van der Waals surface area (Å²) in [6.45, 7) is 3.09. The van der Waals surface area contributed by atoms with Gasteiger partial charge in [0.1, 0.15) is 0 Å². The minimum Gasteiger partial charge on any atom is -0.384 e. The summed E-state index contributed by atoms with van der Waals surface area (Å²) in [6, 6.07) is 12.8. The Labute approximate surface area is 97.7 Å². The minimum absolute atomic E-state index is 0.962. The van der Waals surface area contributed by atoms with E-state index >= 15 is 0 Å². The Morgan fingerprint density at radius 2 is 1.93 bits per heavy atom. The molecule has 0 aliphatic rings. The molecule has 14 heavy (non-hydrogen) atoms. The molecule has 0 atom stereocenters. The van der Waals surface area contributed by atoms with Crippen LogP contribution in [0.2, 0.25) is 0 Å². The van der Waals surface area contributed by atoms with Crippen molar-refractivity contribution in [2.45, 2.75) is 6.92 Å². The van der Waals surface area contributed by atoms with Crippen LogP contribution in [0.25, 0.3) is 10.8 Å². The molecule has 0 aliphatic carbocycles. The van der Waals surface area contributed by atoms with E-state index in [1.807, 2.05) is 0 Å². The van der Waals surface area contributed by atoms with Gasteiger partial charge in [0.15, 0.2) is 0 Å². The molecule has 0 fully saturated rings. The summed E-state index contributed by atoms with van der Waals surface area (Å²) in [7, 11) is 0. The molecule has 0 saturated carbocycles. The monoisotopic (exact) mass is 297 g/mol. The second-order valence-corrected chi connectivity index (χ2v) is 4.34. The van der Waals surface area contributed by atoms with Crippen LogP contribution < -0.4 is 5.32 Å². The van der Waals surface area contributed by atoms with Gasteiger partial charge in [0.05, 0.1) is 5.69 Å². The maximum absolute atomic E-state index is 3.41. The van der Waals surface area contributed by atoms with Crippen molar-refractivity contribution in [2.75, 3.05) is 11.9 Å². The van der Waals surface area contributed by atoms with Crippen LogP contribution in [0.5, 0.6) is 0 Å². The van der Waals surface area contributed by atoms with E-state index < -0.39 is 0 Å². The van der Waals surface area contributed by atoms with Crippen LogP contribution in [-0.4, -0.2) is 6.54 Å². The highest BCUT2D eigenvalue weighted by molar-refractivity contribution is 14.1. The number of hydrogen-bond donors (Lipinski definition) is 1. The average molecular weight is 297 g/mol. The number of benzene rings is 2. The highest BCUT2D eigenvalue weighted by Crippen LogP contribution is 2.28. The van der Waals surface area contributed by atoms with Crippen molar-refractivity contribution in [1.82, 2.24) is 0 Å². The van der Waals surface area contributed by atoms with Crippen molar-refractivity contribution in [3.8, 4) is 0 Å². The zero-order valence-corrected chi connectivity index (χ0v) is 10.2. The molecule has 0 unspecified atom stereocenters. The topological polar surface area (TPSA) is 12.0 Å². The molecule has 0 bridgehead atoms. The van der Waals surface area contributed by atoms with Gasteiger partial charge in [-0.2, -0.15) is 0 Å². The van der Waals surface area contributed by atoms with Crippen molar-refractivity contribution < 1.29 is 0 Å². The Morgan fingerprint density at radius 1 is 1.14 bits per heavy atom. The molecule has 72 valence electrons. The Bertz CT molecular complexity index is 451. The summed E-state index contributed by atoms with van der Waals surface area (Å²) in [5.74, 6) is 0. The third-order valence-corrected chi connectivity index (χ3v) is 3.13. The first-order valence-corrected chi connectivity index (χ1v) is 5.82. The molecule has 1 N–H and O–H groups in total. The molecule has 0 aromatic heterocycles. The number of fused-ring (bicyclic) bond motifs is 1. The molecule has 0 heterocycles. The molecule has 0 aliphatic heterocycles. The van der Waals surface area contributed by atoms with Crippen molar-refractivity contribution in [1.29, 1.82) is 0 Å². The summed E-state index contributed by atoms with van der Waals surface area (Å²) in [6.07, 6.45) is 0. The highest BCUT2D eigenvalue weighted by atomic mass is 127. The molecular formula is C12H12IN. The zero-order chi connectivity index (χ0) is 9.97. The van der Waals surface area contributed by atoms with Crippen molar-refractivity contribution in [3.63, 3.8) is 0 Å². The van der Waals surface area contributed by atoms with E-state index in [9.17, 15) is 0 Å². The van der Waals surface area contributed by atoms with Crippen LogP contribution in [0.1, 0.15) is 6.92 Å². The van der Waals surface area contributed by atoms with Gasteiger partial charge in [-0.3, -0.25) is 0 Å². The number of rotatable bonds is 2. The van der Waals surface area contributed by atoms with Gasteiger partial charge < -0.3 is 5.32 Å². The number of nitrogens with one attached hydrogen (secondary N) is 1. The molecule has 0 amide bonds. The van der Waals surface area contributed by atoms with Gasteiger partial charge >= 0.3 is 0 Å². The van der Waals surface area contributed by atoms with Gasteiger partial charge in [-0.25, -0.2) is 0 Å². The molecule has 1 nitrogen and oxygen atoms in total. The quantitative estimate of drug-likeness (QED) is 0.830. The fourth-order valence-electron chi connectivity index (χ4n) is 1.60. The first-order chi connectivity index (χ1) is 6.83. The van der Waals surface area contributed by atoms with Crippen LogP contribution in [0.4, 0.5) is 5.69 Å². The van der Waals surface area contributed by atoms with E-state index in [0.29, 0.717) is 0 Å². The molecule has 2 rings (SSSR count). The largest absolute Gasteiger partial charge is 0.384 e. The lowest BCUT2D eigenvalue weighted by atomic mass is 10.1. The first-order valence-electron chi connectivity index (χ1n) is 4.74. The number of hydrogen-bond acceptors (Lipinski definition) is 1. The van der Waals surface area contributed by atoms with Crippen LogP contribution in [0.15, 0.2) is 36.4 Å². The average Bonchev–Trinajstić information content (AvgIpc) is 2.23. The standard InChI is InChI=1S/C12H12IN/c1-2-14-12-10-6-4-3-5-9(10)7-8-11(12)13/h3-8,14H,2H2,1H3. The predicted molar refractivity (Wildman–Crippen MR) is 70.8 cm³/mol. The van der Waals surface area contributed by atoms with Gasteiger partial charge in [-0.05, 0) is 41.0 Å². The highest BCUT2D eigenvalue weighted by Gasteiger charge is 2.03. The van der Waals surface area contributed by atoms with Gasteiger partial charge in [0.2, 0.25) is 0 Å². The fourth-order valence-corrected chi connectivity index (χ4v) is 2.26. The molecule has 2 aromatic rings. The minimum atomic E-state index is 0.962. The summed E-state index contributed by atoms with van der Waals surface area (Å²) < 4.78 is 1.28.